The van der Waals surface area contributed by atoms with E-state index < -0.39 is 0 Å². The Bertz CT molecular complexity index is 1370. The van der Waals surface area contributed by atoms with Crippen LogP contribution >= 0.6 is 0 Å². The van der Waals surface area contributed by atoms with E-state index in [0.717, 1.165) is 63.4 Å². The monoisotopic (exact) mass is 494 g/mol. The third-order valence-corrected chi connectivity index (χ3v) is 6.88. The lowest BCUT2D eigenvalue weighted by molar-refractivity contribution is 0.627. The van der Waals surface area contributed by atoms with Gasteiger partial charge in [0.2, 0.25) is 17.8 Å². The number of anilines is 5. The summed E-state index contributed by atoms with van der Waals surface area (Å²) in [6, 6.07) is 16.7. The van der Waals surface area contributed by atoms with Gasteiger partial charge in [0.1, 0.15) is 12.1 Å². The maximum atomic E-state index is 6.29. The van der Waals surface area contributed by atoms with Gasteiger partial charge >= 0.3 is 0 Å². The van der Waals surface area contributed by atoms with E-state index in [1.54, 1.807) is 6.33 Å². The molecule has 0 aliphatic carbocycles. The molecule has 0 saturated carbocycles. The van der Waals surface area contributed by atoms with Crippen molar-refractivity contribution in [1.29, 1.82) is 0 Å². The third-order valence-electron chi connectivity index (χ3n) is 6.88. The minimum Gasteiger partial charge on any atom is -0.383 e. The lowest BCUT2D eigenvalue weighted by Gasteiger charge is -2.34. The molecule has 0 unspecified atom stereocenters. The fourth-order valence-corrected chi connectivity index (χ4v) is 4.81. The highest BCUT2D eigenvalue weighted by Gasteiger charge is 2.22. The first-order chi connectivity index (χ1) is 18.2. The van der Waals surface area contributed by atoms with E-state index in [4.69, 9.17) is 5.73 Å². The number of hydrogen-bond acceptors (Lipinski definition) is 10. The van der Waals surface area contributed by atoms with Gasteiger partial charge in [0.25, 0.3) is 0 Å². The number of fused-ring (bicyclic) bond motifs is 1. The van der Waals surface area contributed by atoms with Gasteiger partial charge in [0, 0.05) is 56.6 Å². The summed E-state index contributed by atoms with van der Waals surface area (Å²) >= 11 is 0. The molecule has 6 rings (SSSR count). The highest BCUT2D eigenvalue weighted by Crippen LogP contribution is 2.23. The van der Waals surface area contributed by atoms with Gasteiger partial charge in [-0.05, 0) is 41.8 Å². The minimum atomic E-state index is 0.530. The van der Waals surface area contributed by atoms with Crippen molar-refractivity contribution in [3.8, 4) is 0 Å². The molecular weight excluding hydrogens is 464 g/mol. The summed E-state index contributed by atoms with van der Waals surface area (Å²) in [5.74, 6) is 2.40. The van der Waals surface area contributed by atoms with Crippen LogP contribution in [-0.4, -0.2) is 57.6 Å². The Balaban J connectivity index is 1.08. The summed E-state index contributed by atoms with van der Waals surface area (Å²) in [7, 11) is 0. The van der Waals surface area contributed by atoms with Gasteiger partial charge in [-0.2, -0.15) is 9.97 Å². The van der Waals surface area contributed by atoms with Gasteiger partial charge in [-0.3, -0.25) is 0 Å². The van der Waals surface area contributed by atoms with Gasteiger partial charge < -0.3 is 26.2 Å². The van der Waals surface area contributed by atoms with Crippen molar-refractivity contribution >= 4 is 29.4 Å². The largest absolute Gasteiger partial charge is 0.383 e. The number of nitrogens with one attached hydrogen (secondary N) is 2. The topological polar surface area (TPSA) is 121 Å². The van der Waals surface area contributed by atoms with Crippen LogP contribution in [0.3, 0.4) is 0 Å². The number of nitrogens with two attached hydrogens (primary N) is 1. The zero-order valence-electron chi connectivity index (χ0n) is 20.6. The Labute approximate surface area is 216 Å². The Morgan fingerprint density at radius 2 is 1.65 bits per heavy atom. The van der Waals surface area contributed by atoms with Crippen molar-refractivity contribution in [3.63, 3.8) is 0 Å². The summed E-state index contributed by atoms with van der Waals surface area (Å²) in [6.45, 7) is 4.94. The molecule has 2 aromatic heterocycles. The number of nitrogens with zero attached hydrogens (tertiary/aromatic N) is 7. The maximum absolute atomic E-state index is 6.29. The molecule has 4 heterocycles. The molecule has 10 heteroatoms. The van der Waals surface area contributed by atoms with Crippen LogP contribution in [0.1, 0.15) is 22.3 Å². The van der Waals surface area contributed by atoms with E-state index in [-0.39, 0.29) is 0 Å². The van der Waals surface area contributed by atoms with Crippen LogP contribution in [0.15, 0.2) is 61.1 Å². The molecule has 0 atom stereocenters. The molecule has 188 valence electrons. The zero-order chi connectivity index (χ0) is 25.0. The summed E-state index contributed by atoms with van der Waals surface area (Å²) in [5, 5.41) is 6.76. The van der Waals surface area contributed by atoms with Gasteiger partial charge in [-0.15, -0.1) is 0 Å². The quantitative estimate of drug-likeness (QED) is 0.369. The first-order valence-corrected chi connectivity index (χ1v) is 12.6. The maximum Gasteiger partial charge on any atom is 0.231 e. The average Bonchev–Trinajstić information content (AvgIpc) is 2.95. The van der Waals surface area contributed by atoms with Crippen molar-refractivity contribution in [2.45, 2.75) is 19.4 Å². The predicted octanol–water partition coefficient (Wildman–Crippen LogP) is 2.55. The Hall–Kier alpha value is -4.31. The molecule has 2 aromatic carbocycles. The molecule has 2 aliphatic rings. The number of aromatic nitrogens is 5. The lowest BCUT2D eigenvalue weighted by atomic mass is 10.0. The van der Waals surface area contributed by atoms with E-state index in [0.29, 0.717) is 23.7 Å². The molecule has 1 saturated heterocycles. The second-order valence-electron chi connectivity index (χ2n) is 9.36. The molecule has 0 spiro atoms. The van der Waals surface area contributed by atoms with Crippen molar-refractivity contribution in [3.05, 3.63) is 83.3 Å². The number of hydrogen-bond donors (Lipinski definition) is 3. The Morgan fingerprint density at radius 1 is 0.865 bits per heavy atom. The second-order valence-corrected chi connectivity index (χ2v) is 9.36. The first kappa shape index (κ1) is 23.1. The molecule has 0 bridgehead atoms. The fraction of sp³-hybridized carbons (Fsp3) is 0.296. The predicted molar refractivity (Wildman–Crippen MR) is 145 cm³/mol. The van der Waals surface area contributed by atoms with Crippen molar-refractivity contribution in [2.75, 3.05) is 53.6 Å². The van der Waals surface area contributed by atoms with E-state index >= 15 is 0 Å². The van der Waals surface area contributed by atoms with E-state index in [2.05, 4.69) is 75.7 Å². The van der Waals surface area contributed by atoms with Crippen LogP contribution < -0.4 is 26.2 Å². The van der Waals surface area contributed by atoms with Gasteiger partial charge in [0.05, 0.1) is 0 Å². The van der Waals surface area contributed by atoms with Gasteiger partial charge in [-0.25, -0.2) is 15.0 Å². The number of rotatable bonds is 6. The van der Waals surface area contributed by atoms with Crippen LogP contribution in [0.4, 0.5) is 29.4 Å². The normalized spacial score (nSPS) is 15.4. The van der Waals surface area contributed by atoms with E-state index in [1.165, 1.54) is 16.7 Å². The van der Waals surface area contributed by atoms with E-state index in [9.17, 15) is 0 Å². The number of nitrogen functional groups attached to an aromatic ring is 1. The lowest BCUT2D eigenvalue weighted by Crippen LogP contribution is -2.47. The summed E-state index contributed by atoms with van der Waals surface area (Å²) < 4.78 is 0. The number of piperazine rings is 1. The molecule has 4 N–H and O–H groups in total. The third kappa shape index (κ3) is 5.29. The standard InChI is InChI=1S/C27H30N10/c28-24-22(14-19-4-2-1-3-5-19)17-30-26(34-24)36-10-12-37(13-11-36)27-32-18-31-25(35-27)33-23-7-6-20-8-9-29-16-21(20)15-23/h1-7,15,17-18,29H,8-14,16H2,(H2,28,30,34)(H,31,32,33,35). The SMILES string of the molecule is Nc1nc(N2CCN(c3ncnc(Nc4ccc5c(c4)CNCC5)n3)CC2)ncc1Cc1ccccc1. The summed E-state index contributed by atoms with van der Waals surface area (Å²) in [6.07, 6.45) is 5.19. The molecule has 0 radical (unpaired) electrons. The van der Waals surface area contributed by atoms with E-state index in [1.807, 2.05) is 24.4 Å². The Kier molecular flexibility index (Phi) is 6.47. The second kappa shape index (κ2) is 10.4. The van der Waals surface area contributed by atoms with Crippen molar-refractivity contribution in [1.82, 2.24) is 30.2 Å². The summed E-state index contributed by atoms with van der Waals surface area (Å²) in [5.41, 5.74) is 12.1. The minimum absolute atomic E-state index is 0.530. The Morgan fingerprint density at radius 3 is 2.43 bits per heavy atom. The van der Waals surface area contributed by atoms with Crippen LogP contribution in [0.25, 0.3) is 0 Å². The molecule has 0 amide bonds. The molecule has 2 aliphatic heterocycles. The zero-order valence-corrected chi connectivity index (χ0v) is 20.6. The summed E-state index contributed by atoms with van der Waals surface area (Å²) in [4.78, 5) is 27.0. The smallest absolute Gasteiger partial charge is 0.231 e. The molecule has 1 fully saturated rings. The van der Waals surface area contributed by atoms with Crippen LogP contribution in [0.5, 0.6) is 0 Å². The van der Waals surface area contributed by atoms with Gasteiger partial charge in [0.15, 0.2) is 0 Å². The van der Waals surface area contributed by atoms with Crippen LogP contribution in [0.2, 0.25) is 0 Å². The van der Waals surface area contributed by atoms with Crippen LogP contribution in [0, 0.1) is 0 Å². The highest BCUT2D eigenvalue weighted by atomic mass is 15.4. The molecule has 10 nitrogen and oxygen atoms in total. The first-order valence-electron chi connectivity index (χ1n) is 12.6. The average molecular weight is 495 g/mol. The van der Waals surface area contributed by atoms with Gasteiger partial charge in [-0.1, -0.05) is 36.4 Å². The van der Waals surface area contributed by atoms with Crippen molar-refractivity contribution in [2.24, 2.45) is 0 Å². The van der Waals surface area contributed by atoms with Crippen LogP contribution in [-0.2, 0) is 19.4 Å². The fourth-order valence-electron chi connectivity index (χ4n) is 4.81. The number of benzene rings is 2. The highest BCUT2D eigenvalue weighted by molar-refractivity contribution is 5.57. The molecule has 4 aromatic rings. The molecule has 37 heavy (non-hydrogen) atoms. The van der Waals surface area contributed by atoms with Crippen molar-refractivity contribution < 1.29 is 0 Å². The molecular formula is C27H30N10.